The van der Waals surface area contributed by atoms with Crippen molar-refractivity contribution in [3.63, 3.8) is 0 Å². The summed E-state index contributed by atoms with van der Waals surface area (Å²) in [7, 11) is 0. The van der Waals surface area contributed by atoms with Crippen LogP contribution in [0.25, 0.3) is 11.0 Å². The molecular formula is C22H21FN4O2. The topological polar surface area (TPSA) is 59.4 Å². The van der Waals surface area contributed by atoms with Crippen LogP contribution in [0, 0.1) is 5.82 Å². The Balaban J connectivity index is 1.72. The van der Waals surface area contributed by atoms with Gasteiger partial charge in [-0.15, -0.1) is 0 Å². The Morgan fingerprint density at radius 3 is 2.66 bits per heavy atom. The van der Waals surface area contributed by atoms with Crippen LogP contribution in [0.5, 0.6) is 0 Å². The van der Waals surface area contributed by atoms with Crippen molar-refractivity contribution in [2.75, 3.05) is 31.6 Å². The molecule has 0 aliphatic carbocycles. The molecule has 0 spiro atoms. The number of imidazole rings is 1. The molecule has 148 valence electrons. The Morgan fingerprint density at radius 2 is 1.86 bits per heavy atom. The molecule has 1 atom stereocenters. The van der Waals surface area contributed by atoms with Crippen LogP contribution in [0.4, 0.5) is 10.3 Å². The average molecular weight is 392 g/mol. The van der Waals surface area contributed by atoms with Crippen LogP contribution < -0.4 is 5.32 Å². The zero-order valence-electron chi connectivity index (χ0n) is 16.1. The largest absolute Gasteiger partial charge is 0.378 e. The normalized spacial score (nSPS) is 19.2. The van der Waals surface area contributed by atoms with Crippen LogP contribution in [-0.2, 0) is 9.53 Å². The van der Waals surface area contributed by atoms with E-state index in [4.69, 9.17) is 4.74 Å². The number of morpholine rings is 1. The molecule has 0 saturated carbocycles. The van der Waals surface area contributed by atoms with Crippen LogP contribution in [-0.4, -0.2) is 46.7 Å². The molecule has 6 nitrogen and oxygen atoms in total. The number of aromatic nitrogens is 2. The van der Waals surface area contributed by atoms with Gasteiger partial charge in [-0.3, -0.25) is 9.36 Å². The maximum atomic E-state index is 15.0. The van der Waals surface area contributed by atoms with Gasteiger partial charge >= 0.3 is 0 Å². The Bertz CT molecular complexity index is 1130. The predicted molar refractivity (Wildman–Crippen MR) is 108 cm³/mol. The highest BCUT2D eigenvalue weighted by molar-refractivity contribution is 5.98. The number of carbonyl (C=O) groups excluding carboxylic acids is 1. The monoisotopic (exact) mass is 392 g/mol. The Hall–Kier alpha value is -3.19. The SMILES string of the molecule is CC1=C(C(=O)N2CCOCC2)C(c2ccccc2F)n2c(nc3ccccc32)N1. The number of anilines is 1. The summed E-state index contributed by atoms with van der Waals surface area (Å²) < 4.78 is 22.3. The van der Waals surface area contributed by atoms with Crippen LogP contribution in [0.15, 0.2) is 59.8 Å². The molecule has 1 aromatic heterocycles. The molecule has 1 amide bonds. The highest BCUT2D eigenvalue weighted by atomic mass is 19.1. The number of para-hydroxylation sites is 2. The first-order chi connectivity index (χ1) is 14.1. The number of amides is 1. The zero-order chi connectivity index (χ0) is 20.0. The Labute approximate surface area is 167 Å². The van der Waals surface area contributed by atoms with E-state index in [0.29, 0.717) is 49.1 Å². The second kappa shape index (κ2) is 7.00. The minimum absolute atomic E-state index is 0.102. The quantitative estimate of drug-likeness (QED) is 0.727. The molecule has 3 aromatic rings. The molecule has 2 aromatic carbocycles. The molecule has 1 N–H and O–H groups in total. The van der Waals surface area contributed by atoms with E-state index < -0.39 is 6.04 Å². The lowest BCUT2D eigenvalue weighted by Crippen LogP contribution is -2.44. The average Bonchev–Trinajstić information content (AvgIpc) is 3.11. The van der Waals surface area contributed by atoms with Crippen LogP contribution in [0.3, 0.4) is 0 Å². The lowest BCUT2D eigenvalue weighted by molar-refractivity contribution is -0.131. The van der Waals surface area contributed by atoms with Crippen molar-refractivity contribution in [3.05, 3.63) is 71.2 Å². The minimum atomic E-state index is -0.602. The van der Waals surface area contributed by atoms with Gasteiger partial charge in [0.2, 0.25) is 5.95 Å². The van der Waals surface area contributed by atoms with Crippen molar-refractivity contribution in [2.24, 2.45) is 0 Å². The fraction of sp³-hybridized carbons (Fsp3) is 0.273. The summed E-state index contributed by atoms with van der Waals surface area (Å²) in [6, 6.07) is 13.7. The third kappa shape index (κ3) is 2.89. The number of fused-ring (bicyclic) bond motifs is 3. The second-order valence-electron chi connectivity index (χ2n) is 7.29. The zero-order valence-corrected chi connectivity index (χ0v) is 16.1. The van der Waals surface area contributed by atoms with E-state index in [2.05, 4.69) is 10.3 Å². The van der Waals surface area contributed by atoms with E-state index in [-0.39, 0.29) is 11.7 Å². The molecule has 29 heavy (non-hydrogen) atoms. The molecule has 7 heteroatoms. The molecule has 1 unspecified atom stereocenters. The third-order valence-electron chi connectivity index (χ3n) is 5.56. The number of hydrogen-bond donors (Lipinski definition) is 1. The predicted octanol–water partition coefficient (Wildman–Crippen LogP) is 3.32. The summed E-state index contributed by atoms with van der Waals surface area (Å²) in [5, 5.41) is 3.27. The van der Waals surface area contributed by atoms with Gasteiger partial charge in [0, 0.05) is 24.4 Å². The number of allylic oxidation sites excluding steroid dienone is 1. The number of halogens is 1. The molecule has 2 aliphatic rings. The van der Waals surface area contributed by atoms with E-state index in [1.165, 1.54) is 6.07 Å². The van der Waals surface area contributed by atoms with E-state index in [9.17, 15) is 9.18 Å². The highest BCUT2D eigenvalue weighted by Gasteiger charge is 2.37. The van der Waals surface area contributed by atoms with Gasteiger partial charge in [0.25, 0.3) is 5.91 Å². The summed E-state index contributed by atoms with van der Waals surface area (Å²) >= 11 is 0. The van der Waals surface area contributed by atoms with Gasteiger partial charge in [-0.2, -0.15) is 0 Å². The van der Waals surface area contributed by atoms with Crippen LogP contribution in [0.2, 0.25) is 0 Å². The van der Waals surface area contributed by atoms with E-state index >= 15 is 0 Å². The molecule has 1 saturated heterocycles. The van der Waals surface area contributed by atoms with E-state index in [0.717, 1.165) is 11.0 Å². The molecule has 5 rings (SSSR count). The Kier molecular flexibility index (Phi) is 4.32. The van der Waals surface area contributed by atoms with E-state index in [1.807, 2.05) is 35.8 Å². The number of benzene rings is 2. The molecular weight excluding hydrogens is 371 g/mol. The van der Waals surface area contributed by atoms with Crippen molar-refractivity contribution in [1.29, 1.82) is 0 Å². The number of hydrogen-bond acceptors (Lipinski definition) is 4. The van der Waals surface area contributed by atoms with Gasteiger partial charge in [0.05, 0.1) is 35.9 Å². The highest BCUT2D eigenvalue weighted by Crippen LogP contribution is 2.40. The molecule has 1 fully saturated rings. The van der Waals surface area contributed by atoms with Gasteiger partial charge in [0.15, 0.2) is 0 Å². The lowest BCUT2D eigenvalue weighted by Gasteiger charge is -2.35. The van der Waals surface area contributed by atoms with Crippen molar-refractivity contribution in [1.82, 2.24) is 14.5 Å². The summed E-state index contributed by atoms with van der Waals surface area (Å²) in [6.45, 7) is 3.92. The third-order valence-corrected chi connectivity index (χ3v) is 5.56. The summed E-state index contributed by atoms with van der Waals surface area (Å²) in [6.07, 6.45) is 0. The first kappa shape index (κ1) is 17.9. The maximum absolute atomic E-state index is 15.0. The fourth-order valence-electron chi connectivity index (χ4n) is 4.17. The second-order valence-corrected chi connectivity index (χ2v) is 7.29. The number of ether oxygens (including phenoxy) is 1. The molecule has 3 heterocycles. The summed E-state index contributed by atoms with van der Waals surface area (Å²) in [4.78, 5) is 20.0. The standard InChI is InChI=1S/C22H21FN4O2/c1-14-19(21(28)26-10-12-29-13-11-26)20(15-6-2-3-7-16(15)23)27-18-9-5-4-8-17(18)25-22(27)24-14/h2-9,20H,10-13H2,1H3,(H,24,25). The fourth-order valence-corrected chi connectivity index (χ4v) is 4.17. The summed E-state index contributed by atoms with van der Waals surface area (Å²) in [5.41, 5.74) is 3.33. The van der Waals surface area contributed by atoms with Gasteiger partial charge in [-0.05, 0) is 25.1 Å². The minimum Gasteiger partial charge on any atom is -0.378 e. The summed E-state index contributed by atoms with van der Waals surface area (Å²) in [5.74, 6) is 0.161. The van der Waals surface area contributed by atoms with Crippen molar-refractivity contribution in [3.8, 4) is 0 Å². The van der Waals surface area contributed by atoms with Crippen molar-refractivity contribution < 1.29 is 13.9 Å². The Morgan fingerprint density at radius 1 is 1.14 bits per heavy atom. The number of rotatable bonds is 2. The first-order valence-electron chi connectivity index (χ1n) is 9.71. The number of nitrogens with zero attached hydrogens (tertiary/aromatic N) is 3. The smallest absolute Gasteiger partial charge is 0.254 e. The van der Waals surface area contributed by atoms with Gasteiger partial charge < -0.3 is 15.0 Å². The van der Waals surface area contributed by atoms with Crippen LogP contribution in [0.1, 0.15) is 18.5 Å². The van der Waals surface area contributed by atoms with Crippen molar-refractivity contribution >= 4 is 22.9 Å². The molecule has 0 bridgehead atoms. The van der Waals surface area contributed by atoms with Gasteiger partial charge in [-0.1, -0.05) is 30.3 Å². The van der Waals surface area contributed by atoms with Gasteiger partial charge in [-0.25, -0.2) is 9.37 Å². The molecule has 2 aliphatic heterocycles. The lowest BCUT2D eigenvalue weighted by atomic mass is 9.93. The number of carbonyl (C=O) groups is 1. The first-order valence-corrected chi connectivity index (χ1v) is 9.71. The number of nitrogens with one attached hydrogen (secondary N) is 1. The van der Waals surface area contributed by atoms with Crippen LogP contribution >= 0.6 is 0 Å². The van der Waals surface area contributed by atoms with Crippen molar-refractivity contribution in [2.45, 2.75) is 13.0 Å². The molecule has 0 radical (unpaired) electrons. The van der Waals surface area contributed by atoms with Gasteiger partial charge in [0.1, 0.15) is 5.82 Å². The maximum Gasteiger partial charge on any atom is 0.254 e. The van der Waals surface area contributed by atoms with E-state index in [1.54, 1.807) is 23.1 Å².